The second-order valence-corrected chi connectivity index (χ2v) is 9.51. The topological polar surface area (TPSA) is 59.1 Å². The van der Waals surface area contributed by atoms with E-state index in [1.807, 2.05) is 30.3 Å². The standard InChI is InChI=1S/C24H24N2OS2/c1-24(2,27)16-11-12-26-19(14-16)17-9-6-7-15-13-21(29-23(15)17)22(25)18-8-4-5-10-20(18)28-3/h4-14,22,27H,25H2,1-3H3. The van der Waals surface area contributed by atoms with E-state index in [1.54, 1.807) is 43.1 Å². The maximum Gasteiger partial charge on any atom is 0.0841 e. The van der Waals surface area contributed by atoms with Crippen molar-refractivity contribution >= 4 is 33.2 Å². The van der Waals surface area contributed by atoms with Crippen molar-refractivity contribution in [3.05, 3.63) is 82.9 Å². The Labute approximate surface area is 179 Å². The van der Waals surface area contributed by atoms with E-state index in [0.717, 1.165) is 32.6 Å². The van der Waals surface area contributed by atoms with Crippen LogP contribution in [0.5, 0.6) is 0 Å². The molecule has 0 aliphatic carbocycles. The number of hydrogen-bond donors (Lipinski definition) is 2. The summed E-state index contributed by atoms with van der Waals surface area (Å²) in [5.41, 5.74) is 9.69. The number of aliphatic hydroxyl groups is 1. The zero-order valence-electron chi connectivity index (χ0n) is 16.7. The molecule has 0 bridgehead atoms. The Bertz CT molecular complexity index is 1160. The van der Waals surface area contributed by atoms with Crippen molar-refractivity contribution in [3.8, 4) is 11.3 Å². The van der Waals surface area contributed by atoms with Gasteiger partial charge in [0.25, 0.3) is 0 Å². The molecule has 0 saturated heterocycles. The smallest absolute Gasteiger partial charge is 0.0841 e. The molecule has 0 radical (unpaired) electrons. The molecule has 2 heterocycles. The van der Waals surface area contributed by atoms with Gasteiger partial charge >= 0.3 is 0 Å². The molecular formula is C24H24N2OS2. The third-order valence-corrected chi connectivity index (χ3v) is 7.16. The van der Waals surface area contributed by atoms with Crippen LogP contribution in [-0.2, 0) is 5.60 Å². The number of thioether (sulfide) groups is 1. The first-order valence-electron chi connectivity index (χ1n) is 9.48. The normalized spacial score (nSPS) is 13.0. The van der Waals surface area contributed by atoms with Crippen molar-refractivity contribution < 1.29 is 5.11 Å². The van der Waals surface area contributed by atoms with Gasteiger partial charge in [0.1, 0.15) is 0 Å². The lowest BCUT2D eigenvalue weighted by Gasteiger charge is -2.18. The minimum absolute atomic E-state index is 0.167. The highest BCUT2D eigenvalue weighted by molar-refractivity contribution is 7.98. The fourth-order valence-electron chi connectivity index (χ4n) is 3.47. The Morgan fingerprint density at radius 1 is 1.07 bits per heavy atom. The van der Waals surface area contributed by atoms with Crippen molar-refractivity contribution in [1.29, 1.82) is 0 Å². The zero-order chi connectivity index (χ0) is 20.6. The Hall–Kier alpha value is -2.18. The maximum atomic E-state index is 10.4. The summed E-state index contributed by atoms with van der Waals surface area (Å²) in [5.74, 6) is 0. The average Bonchev–Trinajstić information content (AvgIpc) is 3.17. The highest BCUT2D eigenvalue weighted by Crippen LogP contribution is 2.39. The van der Waals surface area contributed by atoms with Crippen molar-refractivity contribution in [1.82, 2.24) is 4.98 Å². The first kappa shape index (κ1) is 20.1. The van der Waals surface area contributed by atoms with E-state index < -0.39 is 5.60 Å². The first-order valence-corrected chi connectivity index (χ1v) is 11.5. The highest BCUT2D eigenvalue weighted by Gasteiger charge is 2.19. The SMILES string of the molecule is CSc1ccccc1C(N)c1cc2cccc(-c3cc(C(C)(C)O)ccn3)c2s1. The van der Waals surface area contributed by atoms with Gasteiger partial charge in [-0.1, -0.05) is 36.4 Å². The third-order valence-electron chi connectivity index (χ3n) is 5.09. The van der Waals surface area contributed by atoms with E-state index in [-0.39, 0.29) is 6.04 Å². The quantitative estimate of drug-likeness (QED) is 0.391. The van der Waals surface area contributed by atoms with E-state index in [1.165, 1.54) is 9.60 Å². The van der Waals surface area contributed by atoms with Crippen LogP contribution in [0.3, 0.4) is 0 Å². The molecule has 29 heavy (non-hydrogen) atoms. The van der Waals surface area contributed by atoms with Crippen LogP contribution in [0, 0.1) is 0 Å². The van der Waals surface area contributed by atoms with Gasteiger partial charge in [0.15, 0.2) is 0 Å². The van der Waals surface area contributed by atoms with Crippen LogP contribution in [0.25, 0.3) is 21.3 Å². The fraction of sp³-hybridized carbons (Fsp3) is 0.208. The van der Waals surface area contributed by atoms with Crippen LogP contribution in [-0.4, -0.2) is 16.3 Å². The van der Waals surface area contributed by atoms with E-state index in [2.05, 4.69) is 41.6 Å². The molecule has 5 heteroatoms. The van der Waals surface area contributed by atoms with Crippen molar-refractivity contribution in [3.63, 3.8) is 0 Å². The molecule has 1 unspecified atom stereocenters. The summed E-state index contributed by atoms with van der Waals surface area (Å²) in [6.45, 7) is 3.58. The van der Waals surface area contributed by atoms with Gasteiger partial charge in [-0.05, 0) is 60.9 Å². The second-order valence-electron chi connectivity index (χ2n) is 7.58. The third kappa shape index (κ3) is 3.96. The number of fused-ring (bicyclic) bond motifs is 1. The lowest BCUT2D eigenvalue weighted by Crippen LogP contribution is -2.15. The Morgan fingerprint density at radius 3 is 2.62 bits per heavy atom. The fourth-order valence-corrected chi connectivity index (χ4v) is 5.32. The number of hydrogen-bond acceptors (Lipinski definition) is 5. The minimum atomic E-state index is -0.907. The largest absolute Gasteiger partial charge is 0.386 e. The number of nitrogens with zero attached hydrogens (tertiary/aromatic N) is 1. The molecule has 3 N–H and O–H groups in total. The van der Waals surface area contributed by atoms with Crippen LogP contribution in [0.15, 0.2) is 71.8 Å². The van der Waals surface area contributed by atoms with Crippen LogP contribution < -0.4 is 5.73 Å². The molecule has 4 aromatic rings. The molecule has 0 spiro atoms. The zero-order valence-corrected chi connectivity index (χ0v) is 18.3. The van der Waals surface area contributed by atoms with Gasteiger partial charge in [0.05, 0.1) is 17.3 Å². The van der Waals surface area contributed by atoms with Gasteiger partial charge in [-0.15, -0.1) is 23.1 Å². The summed E-state index contributed by atoms with van der Waals surface area (Å²) < 4.78 is 1.17. The summed E-state index contributed by atoms with van der Waals surface area (Å²) >= 11 is 3.44. The van der Waals surface area contributed by atoms with E-state index in [9.17, 15) is 5.11 Å². The molecular weight excluding hydrogens is 396 g/mol. The first-order chi connectivity index (χ1) is 13.9. The molecule has 1 atom stereocenters. The summed E-state index contributed by atoms with van der Waals surface area (Å²) in [6.07, 6.45) is 3.84. The monoisotopic (exact) mass is 420 g/mol. The number of nitrogens with two attached hydrogens (primary N) is 1. The van der Waals surface area contributed by atoms with Crippen LogP contribution in [0.1, 0.15) is 35.9 Å². The predicted octanol–water partition coefficient (Wildman–Crippen LogP) is 5.96. The van der Waals surface area contributed by atoms with Crippen molar-refractivity contribution in [2.45, 2.75) is 30.4 Å². The van der Waals surface area contributed by atoms with Gasteiger partial charge in [-0.25, -0.2) is 0 Å². The van der Waals surface area contributed by atoms with Gasteiger partial charge in [-0.3, -0.25) is 4.98 Å². The number of benzene rings is 2. The average molecular weight is 421 g/mol. The molecule has 4 rings (SSSR count). The lowest BCUT2D eigenvalue weighted by molar-refractivity contribution is 0.0785. The van der Waals surface area contributed by atoms with Crippen LogP contribution in [0.4, 0.5) is 0 Å². The van der Waals surface area contributed by atoms with Gasteiger partial charge in [-0.2, -0.15) is 0 Å². The summed E-state index contributed by atoms with van der Waals surface area (Å²) in [4.78, 5) is 6.91. The molecule has 3 nitrogen and oxygen atoms in total. The molecule has 0 amide bonds. The summed E-state index contributed by atoms with van der Waals surface area (Å²) in [5, 5.41) is 11.5. The van der Waals surface area contributed by atoms with Crippen molar-refractivity contribution in [2.24, 2.45) is 5.73 Å². The molecule has 0 saturated carbocycles. The molecule has 0 aliphatic heterocycles. The Kier molecular flexibility index (Phi) is 5.49. The van der Waals surface area contributed by atoms with Crippen LogP contribution >= 0.6 is 23.1 Å². The van der Waals surface area contributed by atoms with Crippen molar-refractivity contribution in [2.75, 3.05) is 6.26 Å². The molecule has 2 aromatic heterocycles. The highest BCUT2D eigenvalue weighted by atomic mass is 32.2. The predicted molar refractivity (Wildman–Crippen MR) is 125 cm³/mol. The molecule has 148 valence electrons. The Morgan fingerprint density at radius 2 is 1.86 bits per heavy atom. The van der Waals surface area contributed by atoms with E-state index in [0.29, 0.717) is 0 Å². The lowest BCUT2D eigenvalue weighted by atomic mass is 9.97. The molecule has 0 aliphatic rings. The summed E-state index contributed by atoms with van der Waals surface area (Å²) in [7, 11) is 0. The molecule has 0 fully saturated rings. The molecule has 2 aromatic carbocycles. The van der Waals surface area contributed by atoms with Crippen LogP contribution in [0.2, 0.25) is 0 Å². The maximum absolute atomic E-state index is 10.4. The second kappa shape index (κ2) is 7.92. The van der Waals surface area contributed by atoms with E-state index >= 15 is 0 Å². The van der Waals surface area contributed by atoms with Gasteiger partial charge in [0, 0.05) is 26.2 Å². The van der Waals surface area contributed by atoms with Gasteiger partial charge in [0.2, 0.25) is 0 Å². The van der Waals surface area contributed by atoms with Gasteiger partial charge < -0.3 is 10.8 Å². The number of pyridine rings is 1. The minimum Gasteiger partial charge on any atom is -0.386 e. The number of thiophene rings is 1. The Balaban J connectivity index is 1.81. The summed E-state index contributed by atoms with van der Waals surface area (Å²) in [6, 6.07) is 20.4. The van der Waals surface area contributed by atoms with E-state index in [4.69, 9.17) is 5.73 Å². The number of rotatable bonds is 5. The number of aromatic nitrogens is 1.